The van der Waals surface area contributed by atoms with E-state index in [1.54, 1.807) is 23.1 Å². The van der Waals surface area contributed by atoms with Crippen LogP contribution < -0.4 is 16.0 Å². The van der Waals surface area contributed by atoms with Crippen LogP contribution in [0, 0.1) is 20.8 Å². The van der Waals surface area contributed by atoms with Crippen molar-refractivity contribution in [3.8, 4) is 5.00 Å². The fraction of sp³-hybridized carbons (Fsp3) is 0.400. The summed E-state index contributed by atoms with van der Waals surface area (Å²) in [5.41, 5.74) is 6.03. The third-order valence-electron chi connectivity index (χ3n) is 10.4. The highest BCUT2D eigenvalue weighted by molar-refractivity contribution is 7.15. The van der Waals surface area contributed by atoms with E-state index < -0.39 is 12.0 Å². The van der Waals surface area contributed by atoms with E-state index in [1.165, 1.54) is 4.88 Å². The maximum Gasteiger partial charge on any atom is 0.235 e. The standard InChI is InChI=1S/C40H44ClN9O4S/c1-22-23(2)55-40-35(22)36(25-11-13-26(41)14-12-25)44-30(38-47-46-24(3)50(38)40)21-34(53)42-19-9-7-5-6-8-10-32(51)43-27-15-16-28-31(20-27)49(4)48-37(28)29-17-18-33(52)45-39(29)54/h11-16,20,29-30H,5-10,17-19,21H2,1-4H3,(H,42,53)(H,43,51)(H,45,52,54)/t29?,30-/m0/s1. The molecule has 0 aliphatic carbocycles. The highest BCUT2D eigenvalue weighted by Crippen LogP contribution is 2.39. The average molecular weight is 782 g/mol. The van der Waals surface area contributed by atoms with Crippen LogP contribution in [0.3, 0.4) is 0 Å². The van der Waals surface area contributed by atoms with Gasteiger partial charge in [0.05, 0.1) is 29.3 Å². The molecular formula is C40H44ClN9O4S. The van der Waals surface area contributed by atoms with Gasteiger partial charge < -0.3 is 10.6 Å². The lowest BCUT2D eigenvalue weighted by molar-refractivity contribution is -0.134. The van der Waals surface area contributed by atoms with E-state index >= 15 is 0 Å². The van der Waals surface area contributed by atoms with Gasteiger partial charge in [0.15, 0.2) is 5.82 Å². The van der Waals surface area contributed by atoms with Crippen molar-refractivity contribution in [3.63, 3.8) is 0 Å². The Hall–Kier alpha value is -5.21. The molecule has 3 N–H and O–H groups in total. The van der Waals surface area contributed by atoms with Crippen LogP contribution in [0.1, 0.15) is 109 Å². The highest BCUT2D eigenvalue weighted by Gasteiger charge is 2.33. The zero-order chi connectivity index (χ0) is 38.8. The van der Waals surface area contributed by atoms with Gasteiger partial charge in [-0.25, -0.2) is 0 Å². The van der Waals surface area contributed by atoms with Gasteiger partial charge in [-0.15, -0.1) is 21.5 Å². The van der Waals surface area contributed by atoms with Gasteiger partial charge in [0.1, 0.15) is 16.9 Å². The Labute approximate surface area is 328 Å². The van der Waals surface area contributed by atoms with Crippen LogP contribution in [-0.4, -0.2) is 60.4 Å². The lowest BCUT2D eigenvalue weighted by Crippen LogP contribution is -2.39. The number of halogens is 1. The Morgan fingerprint density at radius 3 is 2.53 bits per heavy atom. The van der Waals surface area contributed by atoms with Crippen molar-refractivity contribution in [1.82, 2.24) is 35.2 Å². The number of fused-ring (bicyclic) bond motifs is 4. The Kier molecular flexibility index (Phi) is 11.3. The summed E-state index contributed by atoms with van der Waals surface area (Å²) in [6, 6.07) is 12.7. The SMILES string of the molecule is Cc1sc2c(c1C)C(c1ccc(Cl)cc1)=N[C@@H](CC(=O)NCCCCCCCC(=O)Nc1ccc3c(C4CCC(=O)NC4=O)nn(C)c3c1)c1nnc(C)n1-2. The molecule has 2 aliphatic rings. The highest BCUT2D eigenvalue weighted by atomic mass is 35.5. The van der Waals surface area contributed by atoms with Gasteiger partial charge in [0, 0.05) is 58.5 Å². The van der Waals surface area contributed by atoms with E-state index in [9.17, 15) is 19.2 Å². The van der Waals surface area contributed by atoms with Crippen LogP contribution in [0.2, 0.25) is 5.02 Å². The molecule has 0 radical (unpaired) electrons. The van der Waals surface area contributed by atoms with Gasteiger partial charge in [-0.2, -0.15) is 5.10 Å². The maximum atomic E-state index is 13.3. The second-order valence-electron chi connectivity index (χ2n) is 14.3. The van der Waals surface area contributed by atoms with Gasteiger partial charge in [0.2, 0.25) is 23.6 Å². The van der Waals surface area contributed by atoms with E-state index in [-0.39, 0.29) is 36.5 Å². The minimum absolute atomic E-state index is 0.0639. The third-order valence-corrected chi connectivity index (χ3v) is 11.8. The zero-order valence-corrected chi connectivity index (χ0v) is 32.9. The van der Waals surface area contributed by atoms with Crippen LogP contribution in [0.4, 0.5) is 5.69 Å². The van der Waals surface area contributed by atoms with E-state index in [0.29, 0.717) is 41.6 Å². The van der Waals surface area contributed by atoms with Crippen molar-refractivity contribution in [3.05, 3.63) is 86.4 Å². The lowest BCUT2D eigenvalue weighted by Gasteiger charge is -2.19. The van der Waals surface area contributed by atoms with Crippen LogP contribution in [0.5, 0.6) is 0 Å². The summed E-state index contributed by atoms with van der Waals surface area (Å²) in [7, 11) is 1.80. The first-order valence-corrected chi connectivity index (χ1v) is 19.9. The Balaban J connectivity index is 0.869. The van der Waals surface area contributed by atoms with Gasteiger partial charge >= 0.3 is 0 Å². The topological polar surface area (TPSA) is 165 Å². The van der Waals surface area contributed by atoms with E-state index in [2.05, 4.69) is 45.1 Å². The molecule has 1 saturated heterocycles. The Morgan fingerprint density at radius 1 is 0.982 bits per heavy atom. The molecule has 2 aromatic carbocycles. The van der Waals surface area contributed by atoms with E-state index in [1.807, 2.05) is 54.0 Å². The van der Waals surface area contributed by atoms with Crippen molar-refractivity contribution in [2.45, 2.75) is 90.5 Å². The number of anilines is 1. The number of aliphatic imine (C=N–C) groups is 1. The lowest BCUT2D eigenvalue weighted by atomic mass is 9.93. The van der Waals surface area contributed by atoms with Crippen molar-refractivity contribution in [2.75, 3.05) is 11.9 Å². The number of hydrogen-bond donors (Lipinski definition) is 3. The molecule has 13 nitrogen and oxygen atoms in total. The van der Waals surface area contributed by atoms with E-state index in [0.717, 1.165) is 76.2 Å². The molecule has 7 rings (SSSR count). The van der Waals surface area contributed by atoms with Crippen LogP contribution in [0.15, 0.2) is 47.5 Å². The predicted molar refractivity (Wildman–Crippen MR) is 213 cm³/mol. The van der Waals surface area contributed by atoms with E-state index in [4.69, 9.17) is 16.6 Å². The predicted octanol–water partition coefficient (Wildman–Crippen LogP) is 6.69. The molecule has 5 heterocycles. The fourth-order valence-electron chi connectivity index (χ4n) is 7.35. The number of thiophene rings is 1. The number of rotatable bonds is 13. The molecular weight excluding hydrogens is 738 g/mol. The Bertz CT molecular complexity index is 2320. The van der Waals surface area contributed by atoms with Gasteiger partial charge in [-0.3, -0.25) is 38.7 Å². The second kappa shape index (κ2) is 16.3. The number of aryl methyl sites for hydroxylation is 3. The van der Waals surface area contributed by atoms with Gasteiger partial charge in [0.25, 0.3) is 0 Å². The molecule has 5 aromatic rings. The molecule has 0 bridgehead atoms. The number of carbonyl (C=O) groups excluding carboxylic acids is 4. The summed E-state index contributed by atoms with van der Waals surface area (Å²) >= 11 is 7.90. The fourth-order valence-corrected chi connectivity index (χ4v) is 8.69. The Morgan fingerprint density at radius 2 is 1.75 bits per heavy atom. The minimum atomic E-state index is -0.515. The van der Waals surface area contributed by atoms with Crippen molar-refractivity contribution >= 4 is 68.9 Å². The average Bonchev–Trinajstić information content (AvgIpc) is 3.76. The number of aromatic nitrogens is 5. The normalized spacial score (nSPS) is 16.6. The van der Waals surface area contributed by atoms with Crippen molar-refractivity contribution in [1.29, 1.82) is 0 Å². The summed E-state index contributed by atoms with van der Waals surface area (Å²) in [6.07, 6.45) is 5.63. The van der Waals surface area contributed by atoms with Crippen molar-refractivity contribution < 1.29 is 19.2 Å². The number of amides is 4. The number of unbranched alkanes of at least 4 members (excludes halogenated alkanes) is 4. The largest absolute Gasteiger partial charge is 0.356 e. The molecule has 1 fully saturated rings. The number of nitrogens with zero attached hydrogens (tertiary/aromatic N) is 6. The number of hydrogen-bond acceptors (Lipinski definition) is 9. The van der Waals surface area contributed by atoms with Crippen LogP contribution in [-0.2, 0) is 26.2 Å². The first-order chi connectivity index (χ1) is 26.5. The molecule has 55 heavy (non-hydrogen) atoms. The minimum Gasteiger partial charge on any atom is -0.356 e. The molecule has 3 aromatic heterocycles. The molecule has 15 heteroatoms. The van der Waals surface area contributed by atoms with Gasteiger partial charge in [-0.1, -0.05) is 43.0 Å². The van der Waals surface area contributed by atoms with Crippen LogP contribution >= 0.6 is 22.9 Å². The monoisotopic (exact) mass is 781 g/mol. The van der Waals surface area contributed by atoms with Gasteiger partial charge in [-0.05, 0) is 75.9 Å². The summed E-state index contributed by atoms with van der Waals surface area (Å²) in [5, 5.41) is 24.4. The molecule has 2 atom stereocenters. The summed E-state index contributed by atoms with van der Waals surface area (Å²) in [4.78, 5) is 56.4. The zero-order valence-electron chi connectivity index (χ0n) is 31.4. The smallest absolute Gasteiger partial charge is 0.235 e. The number of carbonyl (C=O) groups is 4. The number of nitrogens with one attached hydrogen (secondary N) is 3. The first-order valence-electron chi connectivity index (χ1n) is 18.7. The molecule has 0 spiro atoms. The molecule has 0 saturated carbocycles. The molecule has 1 unspecified atom stereocenters. The molecule has 286 valence electrons. The summed E-state index contributed by atoms with van der Waals surface area (Å²) in [6.45, 7) is 6.68. The third kappa shape index (κ3) is 8.11. The molecule has 2 aliphatic heterocycles. The van der Waals surface area contributed by atoms with Crippen LogP contribution in [0.25, 0.3) is 15.9 Å². The maximum absolute atomic E-state index is 13.3. The first kappa shape index (κ1) is 38.1. The quantitative estimate of drug-likeness (QED) is 0.0885. The number of piperidine rings is 1. The van der Waals surface area contributed by atoms with Crippen molar-refractivity contribution in [2.24, 2.45) is 12.0 Å². The molecule has 4 amide bonds. The summed E-state index contributed by atoms with van der Waals surface area (Å²) in [5.74, 6) is 0.179. The number of imide groups is 1. The second-order valence-corrected chi connectivity index (χ2v) is 15.9. The number of benzene rings is 2. The summed E-state index contributed by atoms with van der Waals surface area (Å²) < 4.78 is 3.75.